The van der Waals surface area contributed by atoms with Gasteiger partial charge in [0.25, 0.3) is 0 Å². The number of benzene rings is 1. The van der Waals surface area contributed by atoms with Crippen LogP contribution in [-0.2, 0) is 4.79 Å². The standard InChI is InChI=1S/C18H26N2O/c21-17(20-13-5-2-6-14-20)11-12-19-18(16-9-10-16)15-7-3-1-4-8-15/h1,3-4,7-8,16,18-19H,2,5-6,9-14H2. The summed E-state index contributed by atoms with van der Waals surface area (Å²) in [5.41, 5.74) is 1.37. The van der Waals surface area contributed by atoms with E-state index in [0.29, 0.717) is 18.4 Å². The van der Waals surface area contributed by atoms with E-state index in [2.05, 4.69) is 35.6 Å². The Morgan fingerprint density at radius 3 is 2.52 bits per heavy atom. The summed E-state index contributed by atoms with van der Waals surface area (Å²) in [6.45, 7) is 2.72. The number of hydrogen-bond donors (Lipinski definition) is 1. The van der Waals surface area contributed by atoms with Gasteiger partial charge >= 0.3 is 0 Å². The summed E-state index contributed by atoms with van der Waals surface area (Å²) in [7, 11) is 0. The maximum Gasteiger partial charge on any atom is 0.223 e. The minimum Gasteiger partial charge on any atom is -0.343 e. The third kappa shape index (κ3) is 4.07. The fourth-order valence-electron chi connectivity index (χ4n) is 3.28. The molecule has 2 fully saturated rings. The first kappa shape index (κ1) is 14.6. The lowest BCUT2D eigenvalue weighted by Gasteiger charge is -2.27. The van der Waals surface area contributed by atoms with E-state index in [1.54, 1.807) is 0 Å². The molecule has 1 unspecified atom stereocenters. The van der Waals surface area contributed by atoms with Crippen LogP contribution in [0.1, 0.15) is 50.1 Å². The molecule has 0 radical (unpaired) electrons. The van der Waals surface area contributed by atoms with E-state index in [9.17, 15) is 4.79 Å². The summed E-state index contributed by atoms with van der Waals surface area (Å²) in [5, 5.41) is 3.62. The predicted molar refractivity (Wildman–Crippen MR) is 85.0 cm³/mol. The lowest BCUT2D eigenvalue weighted by Crippen LogP contribution is -2.37. The Kier molecular flexibility index (Phi) is 4.91. The SMILES string of the molecule is O=C(CCNC(c1ccccc1)C1CC1)N1CCCCC1. The lowest BCUT2D eigenvalue weighted by molar-refractivity contribution is -0.132. The van der Waals surface area contributed by atoms with Crippen molar-refractivity contribution in [3.8, 4) is 0 Å². The molecule has 1 aromatic carbocycles. The number of likely N-dealkylation sites (tertiary alicyclic amines) is 1. The number of nitrogens with zero attached hydrogens (tertiary/aromatic N) is 1. The van der Waals surface area contributed by atoms with Crippen molar-refractivity contribution in [3.63, 3.8) is 0 Å². The second kappa shape index (κ2) is 7.08. The highest BCUT2D eigenvalue weighted by Crippen LogP contribution is 2.40. The molecule has 1 saturated carbocycles. The first-order valence-electron chi connectivity index (χ1n) is 8.41. The smallest absolute Gasteiger partial charge is 0.223 e. The van der Waals surface area contributed by atoms with Gasteiger partial charge in [0.15, 0.2) is 0 Å². The van der Waals surface area contributed by atoms with E-state index in [4.69, 9.17) is 0 Å². The first-order valence-corrected chi connectivity index (χ1v) is 8.41. The molecule has 0 aromatic heterocycles. The van der Waals surface area contributed by atoms with Gasteiger partial charge in [0.05, 0.1) is 0 Å². The Morgan fingerprint density at radius 1 is 1.14 bits per heavy atom. The zero-order valence-corrected chi connectivity index (χ0v) is 12.8. The molecular formula is C18H26N2O. The molecule has 0 bridgehead atoms. The highest BCUT2D eigenvalue weighted by Gasteiger charge is 2.31. The van der Waals surface area contributed by atoms with Crippen LogP contribution in [0.15, 0.2) is 30.3 Å². The van der Waals surface area contributed by atoms with Crippen LogP contribution < -0.4 is 5.32 Å². The zero-order valence-electron chi connectivity index (χ0n) is 12.8. The molecule has 0 spiro atoms. The van der Waals surface area contributed by atoms with Gasteiger partial charge in [-0.15, -0.1) is 0 Å². The molecule has 1 N–H and O–H groups in total. The van der Waals surface area contributed by atoms with Crippen LogP contribution in [0.3, 0.4) is 0 Å². The molecular weight excluding hydrogens is 260 g/mol. The molecule has 1 amide bonds. The molecule has 1 aliphatic carbocycles. The highest BCUT2D eigenvalue weighted by molar-refractivity contribution is 5.76. The van der Waals surface area contributed by atoms with Crippen molar-refractivity contribution >= 4 is 5.91 Å². The fourth-order valence-corrected chi connectivity index (χ4v) is 3.28. The molecule has 114 valence electrons. The summed E-state index contributed by atoms with van der Waals surface area (Å²) in [5.74, 6) is 1.09. The van der Waals surface area contributed by atoms with Crippen molar-refractivity contribution in [2.75, 3.05) is 19.6 Å². The van der Waals surface area contributed by atoms with Crippen molar-refractivity contribution < 1.29 is 4.79 Å². The van der Waals surface area contributed by atoms with Crippen molar-refractivity contribution in [2.45, 2.75) is 44.6 Å². The molecule has 1 aliphatic heterocycles. The molecule has 3 nitrogen and oxygen atoms in total. The van der Waals surface area contributed by atoms with Gasteiger partial charge in [0.1, 0.15) is 0 Å². The van der Waals surface area contributed by atoms with Crippen LogP contribution >= 0.6 is 0 Å². The van der Waals surface area contributed by atoms with Gasteiger partial charge in [0.2, 0.25) is 5.91 Å². The Bertz CT molecular complexity index is 450. The highest BCUT2D eigenvalue weighted by atomic mass is 16.2. The minimum atomic E-state index is 0.324. The van der Waals surface area contributed by atoms with Crippen LogP contribution in [0.25, 0.3) is 0 Å². The van der Waals surface area contributed by atoms with E-state index in [0.717, 1.165) is 25.6 Å². The zero-order chi connectivity index (χ0) is 14.5. The summed E-state index contributed by atoms with van der Waals surface area (Å²) in [6.07, 6.45) is 6.89. The van der Waals surface area contributed by atoms with E-state index in [1.807, 2.05) is 4.90 Å². The molecule has 1 atom stereocenters. The van der Waals surface area contributed by atoms with Crippen LogP contribution in [0.2, 0.25) is 0 Å². The Labute approximate surface area is 127 Å². The van der Waals surface area contributed by atoms with E-state index in [-0.39, 0.29) is 0 Å². The molecule has 3 rings (SSSR count). The minimum absolute atomic E-state index is 0.324. The number of carbonyl (C=O) groups is 1. The number of carbonyl (C=O) groups excluding carboxylic acids is 1. The summed E-state index contributed by atoms with van der Waals surface area (Å²) in [4.78, 5) is 14.2. The summed E-state index contributed by atoms with van der Waals surface area (Å²) < 4.78 is 0. The van der Waals surface area contributed by atoms with Crippen molar-refractivity contribution in [1.82, 2.24) is 10.2 Å². The Hall–Kier alpha value is -1.35. The predicted octanol–water partition coefficient (Wildman–Crippen LogP) is 3.13. The second-order valence-corrected chi connectivity index (χ2v) is 6.37. The maximum atomic E-state index is 12.2. The normalized spacial score (nSPS) is 20.3. The number of hydrogen-bond acceptors (Lipinski definition) is 2. The third-order valence-electron chi connectivity index (χ3n) is 4.66. The van der Waals surface area contributed by atoms with Gasteiger partial charge in [-0.05, 0) is 43.6 Å². The average molecular weight is 286 g/mol. The molecule has 1 heterocycles. The number of nitrogens with one attached hydrogen (secondary N) is 1. The molecule has 21 heavy (non-hydrogen) atoms. The van der Waals surface area contributed by atoms with E-state index >= 15 is 0 Å². The van der Waals surface area contributed by atoms with Gasteiger partial charge in [-0.1, -0.05) is 30.3 Å². The van der Waals surface area contributed by atoms with Crippen LogP contribution in [0.5, 0.6) is 0 Å². The Balaban J connectivity index is 1.47. The second-order valence-electron chi connectivity index (χ2n) is 6.37. The van der Waals surface area contributed by atoms with Gasteiger partial charge in [-0.25, -0.2) is 0 Å². The van der Waals surface area contributed by atoms with E-state index < -0.39 is 0 Å². The molecule has 3 heteroatoms. The summed E-state index contributed by atoms with van der Waals surface area (Å²) in [6, 6.07) is 11.1. The van der Waals surface area contributed by atoms with Crippen LogP contribution in [0.4, 0.5) is 0 Å². The molecule has 2 aliphatic rings. The van der Waals surface area contributed by atoms with Crippen molar-refractivity contribution in [2.24, 2.45) is 5.92 Å². The van der Waals surface area contributed by atoms with Crippen LogP contribution in [-0.4, -0.2) is 30.4 Å². The largest absolute Gasteiger partial charge is 0.343 e. The Morgan fingerprint density at radius 2 is 1.86 bits per heavy atom. The summed E-state index contributed by atoms with van der Waals surface area (Å²) >= 11 is 0. The van der Waals surface area contributed by atoms with Crippen molar-refractivity contribution in [1.29, 1.82) is 0 Å². The third-order valence-corrected chi connectivity index (χ3v) is 4.66. The number of piperidine rings is 1. The monoisotopic (exact) mass is 286 g/mol. The first-order chi connectivity index (χ1) is 10.3. The van der Waals surface area contributed by atoms with Crippen molar-refractivity contribution in [3.05, 3.63) is 35.9 Å². The van der Waals surface area contributed by atoms with Crippen LogP contribution in [0, 0.1) is 5.92 Å². The molecule has 1 saturated heterocycles. The van der Waals surface area contributed by atoms with Gasteiger partial charge in [-0.3, -0.25) is 4.79 Å². The average Bonchev–Trinajstić information content (AvgIpc) is 3.38. The van der Waals surface area contributed by atoms with E-state index in [1.165, 1.54) is 37.7 Å². The van der Waals surface area contributed by atoms with Gasteiger partial charge in [-0.2, -0.15) is 0 Å². The fraction of sp³-hybridized carbons (Fsp3) is 0.611. The maximum absolute atomic E-state index is 12.2. The number of rotatable bonds is 6. The molecule has 1 aromatic rings. The quantitative estimate of drug-likeness (QED) is 0.871. The van der Waals surface area contributed by atoms with Gasteiger partial charge in [0, 0.05) is 32.1 Å². The van der Waals surface area contributed by atoms with Gasteiger partial charge < -0.3 is 10.2 Å². The lowest BCUT2D eigenvalue weighted by atomic mass is 10.0. The number of amides is 1. The topological polar surface area (TPSA) is 32.3 Å².